The first-order chi connectivity index (χ1) is 14.1. The number of benzene rings is 2. The molecule has 0 atom stereocenters. The van der Waals surface area contributed by atoms with Gasteiger partial charge in [0, 0.05) is 37.9 Å². The highest BCUT2D eigenvalue weighted by molar-refractivity contribution is 5.79. The van der Waals surface area contributed by atoms with Crippen LogP contribution in [0.2, 0.25) is 0 Å². The molecule has 2 rings (SSSR count). The second kappa shape index (κ2) is 11.7. The molecule has 2 aromatic rings. The number of aryl methyl sites for hydroxylation is 1. The van der Waals surface area contributed by atoms with Crippen LogP contribution in [-0.2, 0) is 17.8 Å². The van der Waals surface area contributed by atoms with Crippen LogP contribution in [0.3, 0.4) is 0 Å². The largest absolute Gasteiger partial charge is 0.491 e. The second-order valence-electron chi connectivity index (χ2n) is 6.35. The topological polar surface area (TPSA) is 78.7 Å². The standard InChI is InChI=1S/C22H27FN4O2/c1-4-28-9-10-29-21-11-16(2)5-7-18(21)14-26-22(25-3)27-15-19-12-17(13-24)6-8-20(19)23/h5-8,11-12H,4,9-10,14-15H2,1-3H3,(H2,25,26,27). The molecule has 0 spiro atoms. The van der Waals surface area contributed by atoms with Crippen molar-refractivity contribution in [2.75, 3.05) is 26.9 Å². The first-order valence-corrected chi connectivity index (χ1v) is 9.50. The Kier molecular flexibility index (Phi) is 8.93. The molecule has 0 fully saturated rings. The average Bonchev–Trinajstić information content (AvgIpc) is 2.73. The Morgan fingerprint density at radius 3 is 2.55 bits per heavy atom. The molecule has 0 aliphatic carbocycles. The van der Waals surface area contributed by atoms with Gasteiger partial charge in [-0.1, -0.05) is 12.1 Å². The number of nitrogens with one attached hydrogen (secondary N) is 2. The monoisotopic (exact) mass is 398 g/mol. The summed E-state index contributed by atoms with van der Waals surface area (Å²) in [5.41, 5.74) is 2.91. The van der Waals surface area contributed by atoms with Gasteiger partial charge in [-0.15, -0.1) is 0 Å². The Bertz CT molecular complexity index is 878. The molecule has 0 unspecified atom stereocenters. The van der Waals surface area contributed by atoms with Crippen molar-refractivity contribution in [3.8, 4) is 11.8 Å². The van der Waals surface area contributed by atoms with Crippen LogP contribution in [0.25, 0.3) is 0 Å². The molecule has 0 aromatic heterocycles. The number of hydrogen-bond donors (Lipinski definition) is 2. The normalized spacial score (nSPS) is 11.1. The Morgan fingerprint density at radius 2 is 1.86 bits per heavy atom. The molecule has 0 heterocycles. The Hall–Kier alpha value is -3.11. The van der Waals surface area contributed by atoms with Crippen molar-refractivity contribution in [1.29, 1.82) is 5.26 Å². The second-order valence-corrected chi connectivity index (χ2v) is 6.35. The zero-order valence-corrected chi connectivity index (χ0v) is 17.1. The summed E-state index contributed by atoms with van der Waals surface area (Å²) in [6.07, 6.45) is 0. The van der Waals surface area contributed by atoms with E-state index in [-0.39, 0.29) is 12.4 Å². The van der Waals surface area contributed by atoms with Crippen LogP contribution < -0.4 is 15.4 Å². The van der Waals surface area contributed by atoms with Crippen LogP contribution >= 0.6 is 0 Å². The van der Waals surface area contributed by atoms with E-state index in [0.717, 1.165) is 16.9 Å². The first kappa shape index (κ1) is 22.2. The van der Waals surface area contributed by atoms with E-state index in [9.17, 15) is 4.39 Å². The van der Waals surface area contributed by atoms with Crippen LogP contribution in [0.15, 0.2) is 41.4 Å². The predicted molar refractivity (Wildman–Crippen MR) is 111 cm³/mol. The van der Waals surface area contributed by atoms with Gasteiger partial charge in [-0.25, -0.2) is 4.39 Å². The van der Waals surface area contributed by atoms with Gasteiger partial charge in [-0.3, -0.25) is 4.99 Å². The zero-order chi connectivity index (χ0) is 21.1. The predicted octanol–water partition coefficient (Wildman–Crippen LogP) is 3.29. The van der Waals surface area contributed by atoms with Gasteiger partial charge in [0.1, 0.15) is 18.2 Å². The molecule has 0 bridgehead atoms. The van der Waals surface area contributed by atoms with Crippen molar-refractivity contribution >= 4 is 5.96 Å². The summed E-state index contributed by atoms with van der Waals surface area (Å²) < 4.78 is 25.1. The summed E-state index contributed by atoms with van der Waals surface area (Å²) in [5.74, 6) is 0.948. The SMILES string of the molecule is CCOCCOc1cc(C)ccc1CNC(=NC)NCc1cc(C#N)ccc1F. The average molecular weight is 398 g/mol. The number of halogens is 1. The lowest BCUT2D eigenvalue weighted by molar-refractivity contribution is 0.110. The third kappa shape index (κ3) is 7.09. The highest BCUT2D eigenvalue weighted by Crippen LogP contribution is 2.20. The molecular weight excluding hydrogens is 371 g/mol. The lowest BCUT2D eigenvalue weighted by Crippen LogP contribution is -2.36. The summed E-state index contributed by atoms with van der Waals surface area (Å²) in [5, 5.41) is 15.2. The summed E-state index contributed by atoms with van der Waals surface area (Å²) in [6.45, 7) is 6.34. The maximum atomic E-state index is 13.9. The molecule has 29 heavy (non-hydrogen) atoms. The van der Waals surface area contributed by atoms with Crippen LogP contribution in [-0.4, -0.2) is 32.8 Å². The lowest BCUT2D eigenvalue weighted by Gasteiger charge is -2.16. The van der Waals surface area contributed by atoms with Gasteiger partial charge in [-0.2, -0.15) is 5.26 Å². The Morgan fingerprint density at radius 1 is 1.10 bits per heavy atom. The van der Waals surface area contributed by atoms with Gasteiger partial charge in [-0.05, 0) is 43.7 Å². The van der Waals surface area contributed by atoms with E-state index < -0.39 is 0 Å². The molecule has 0 saturated carbocycles. The van der Waals surface area contributed by atoms with E-state index >= 15 is 0 Å². The lowest BCUT2D eigenvalue weighted by atomic mass is 10.1. The minimum atomic E-state index is -0.365. The van der Waals surface area contributed by atoms with Crippen LogP contribution in [0, 0.1) is 24.1 Å². The van der Waals surface area contributed by atoms with Crippen molar-refractivity contribution in [3.05, 3.63) is 64.5 Å². The fourth-order valence-corrected chi connectivity index (χ4v) is 2.66. The van der Waals surface area contributed by atoms with Gasteiger partial charge in [0.05, 0.1) is 18.2 Å². The number of aliphatic imine (C=N–C) groups is 1. The highest BCUT2D eigenvalue weighted by Gasteiger charge is 2.08. The van der Waals surface area contributed by atoms with Crippen molar-refractivity contribution in [1.82, 2.24) is 10.6 Å². The molecule has 2 aromatic carbocycles. The quantitative estimate of drug-likeness (QED) is 0.385. The number of nitriles is 1. The van der Waals surface area contributed by atoms with E-state index in [1.54, 1.807) is 7.05 Å². The van der Waals surface area contributed by atoms with Crippen molar-refractivity contribution in [2.45, 2.75) is 26.9 Å². The number of nitrogens with zero attached hydrogens (tertiary/aromatic N) is 2. The molecule has 154 valence electrons. The van der Waals surface area contributed by atoms with E-state index in [1.165, 1.54) is 18.2 Å². The van der Waals surface area contributed by atoms with E-state index in [2.05, 4.69) is 15.6 Å². The Labute approximate surface area is 171 Å². The van der Waals surface area contributed by atoms with Gasteiger partial charge in [0.2, 0.25) is 0 Å². The van der Waals surface area contributed by atoms with Gasteiger partial charge in [0.25, 0.3) is 0 Å². The molecule has 0 saturated heterocycles. The molecule has 0 amide bonds. The van der Waals surface area contributed by atoms with Crippen molar-refractivity contribution in [2.24, 2.45) is 4.99 Å². The number of rotatable bonds is 9. The fourth-order valence-electron chi connectivity index (χ4n) is 2.66. The van der Waals surface area contributed by atoms with Crippen LogP contribution in [0.1, 0.15) is 29.2 Å². The summed E-state index contributed by atoms with van der Waals surface area (Å²) in [6, 6.07) is 12.3. The van der Waals surface area contributed by atoms with Crippen LogP contribution in [0.5, 0.6) is 5.75 Å². The summed E-state index contributed by atoms with van der Waals surface area (Å²) in [4.78, 5) is 4.17. The molecule has 0 aliphatic rings. The van der Waals surface area contributed by atoms with E-state index in [0.29, 0.717) is 43.5 Å². The van der Waals surface area contributed by atoms with E-state index in [1.807, 2.05) is 38.1 Å². The molecule has 0 aliphatic heterocycles. The smallest absolute Gasteiger partial charge is 0.191 e. The number of ether oxygens (including phenoxy) is 2. The maximum Gasteiger partial charge on any atom is 0.191 e. The molecule has 2 N–H and O–H groups in total. The van der Waals surface area contributed by atoms with Gasteiger partial charge >= 0.3 is 0 Å². The van der Waals surface area contributed by atoms with Gasteiger partial charge in [0.15, 0.2) is 5.96 Å². The molecule has 0 radical (unpaired) electrons. The minimum Gasteiger partial charge on any atom is -0.491 e. The zero-order valence-electron chi connectivity index (χ0n) is 17.1. The molecule has 6 nitrogen and oxygen atoms in total. The minimum absolute atomic E-state index is 0.215. The van der Waals surface area contributed by atoms with Crippen molar-refractivity contribution < 1.29 is 13.9 Å². The third-order valence-corrected chi connectivity index (χ3v) is 4.20. The third-order valence-electron chi connectivity index (χ3n) is 4.20. The van der Waals surface area contributed by atoms with Gasteiger partial charge < -0.3 is 20.1 Å². The molecule has 7 heteroatoms. The number of guanidine groups is 1. The summed E-state index contributed by atoms with van der Waals surface area (Å²) in [7, 11) is 1.64. The maximum absolute atomic E-state index is 13.9. The molecular formula is C22H27FN4O2. The number of hydrogen-bond acceptors (Lipinski definition) is 4. The van der Waals surface area contributed by atoms with Crippen molar-refractivity contribution in [3.63, 3.8) is 0 Å². The fraction of sp³-hybridized carbons (Fsp3) is 0.364. The van der Waals surface area contributed by atoms with E-state index in [4.69, 9.17) is 14.7 Å². The first-order valence-electron chi connectivity index (χ1n) is 9.50. The highest BCUT2D eigenvalue weighted by atomic mass is 19.1. The summed E-state index contributed by atoms with van der Waals surface area (Å²) >= 11 is 0. The Balaban J connectivity index is 1.96. The van der Waals surface area contributed by atoms with Crippen LogP contribution in [0.4, 0.5) is 4.39 Å².